The molecule has 0 spiro atoms. The lowest BCUT2D eigenvalue weighted by Gasteiger charge is -2.27. The van der Waals surface area contributed by atoms with E-state index >= 15 is 0 Å². The number of unbranched alkanes of at least 4 members (excludes halogenated alkanes) is 1. The van der Waals surface area contributed by atoms with E-state index in [-0.39, 0.29) is 17.9 Å². The lowest BCUT2D eigenvalue weighted by atomic mass is 10.1. The van der Waals surface area contributed by atoms with Gasteiger partial charge in [0, 0.05) is 13.0 Å². The van der Waals surface area contributed by atoms with Crippen molar-refractivity contribution < 1.29 is 23.2 Å². The third-order valence-electron chi connectivity index (χ3n) is 4.47. The fourth-order valence-corrected chi connectivity index (χ4v) is 4.98. The van der Waals surface area contributed by atoms with Crippen molar-refractivity contribution in [3.8, 4) is 5.75 Å². The number of thiol groups is 1. The zero-order valence-corrected chi connectivity index (χ0v) is 18.6. The van der Waals surface area contributed by atoms with Gasteiger partial charge in [0.1, 0.15) is 5.75 Å². The van der Waals surface area contributed by atoms with E-state index in [1.165, 1.54) is 21.9 Å². The SMILES string of the molecule is CCCCOc1ccc(S(=O)(=O)N(CCC(=O)NO)C(S)Cc2ccccc2)cc1. The number of sulfonamides is 1. The van der Waals surface area contributed by atoms with Crippen LogP contribution in [0.2, 0.25) is 0 Å². The molecule has 2 rings (SSSR count). The van der Waals surface area contributed by atoms with Gasteiger partial charge in [-0.2, -0.15) is 16.9 Å². The number of hydrogen-bond acceptors (Lipinski definition) is 6. The van der Waals surface area contributed by atoms with Crippen LogP contribution in [0.25, 0.3) is 0 Å². The van der Waals surface area contributed by atoms with E-state index in [0.717, 1.165) is 18.4 Å². The maximum absolute atomic E-state index is 13.3. The molecule has 30 heavy (non-hydrogen) atoms. The molecule has 1 amide bonds. The first-order valence-corrected chi connectivity index (χ1v) is 11.7. The molecule has 2 aromatic carbocycles. The van der Waals surface area contributed by atoms with Crippen molar-refractivity contribution in [2.45, 2.75) is 42.9 Å². The summed E-state index contributed by atoms with van der Waals surface area (Å²) in [6, 6.07) is 15.6. The minimum absolute atomic E-state index is 0.0851. The number of amides is 1. The van der Waals surface area contributed by atoms with Crippen molar-refractivity contribution in [2.24, 2.45) is 0 Å². The lowest BCUT2D eigenvalue weighted by Crippen LogP contribution is -2.40. The Morgan fingerprint density at radius 2 is 1.83 bits per heavy atom. The Morgan fingerprint density at radius 1 is 1.17 bits per heavy atom. The van der Waals surface area contributed by atoms with Crippen LogP contribution in [0.3, 0.4) is 0 Å². The molecule has 0 radical (unpaired) electrons. The van der Waals surface area contributed by atoms with Crippen LogP contribution in [0, 0.1) is 0 Å². The van der Waals surface area contributed by atoms with E-state index < -0.39 is 21.3 Å². The Labute approximate surface area is 183 Å². The van der Waals surface area contributed by atoms with Crippen LogP contribution in [-0.4, -0.2) is 42.4 Å². The normalized spacial score (nSPS) is 12.5. The molecule has 0 saturated carbocycles. The van der Waals surface area contributed by atoms with E-state index in [0.29, 0.717) is 18.8 Å². The Morgan fingerprint density at radius 3 is 2.43 bits per heavy atom. The first-order valence-electron chi connectivity index (χ1n) is 9.78. The van der Waals surface area contributed by atoms with Gasteiger partial charge in [-0.15, -0.1) is 0 Å². The Kier molecular flexibility index (Phi) is 9.64. The molecule has 0 bridgehead atoms. The molecule has 0 saturated heterocycles. The molecule has 0 heterocycles. The third kappa shape index (κ3) is 7.02. The zero-order chi connectivity index (χ0) is 22.0. The van der Waals surface area contributed by atoms with Crippen molar-refractivity contribution in [3.05, 3.63) is 60.2 Å². The smallest absolute Gasteiger partial charge is 0.244 e. The Balaban J connectivity index is 2.22. The zero-order valence-electron chi connectivity index (χ0n) is 16.9. The number of benzene rings is 2. The van der Waals surface area contributed by atoms with E-state index in [1.54, 1.807) is 12.1 Å². The van der Waals surface area contributed by atoms with Crippen LogP contribution in [0.1, 0.15) is 31.7 Å². The summed E-state index contributed by atoms with van der Waals surface area (Å²) in [7, 11) is -3.93. The van der Waals surface area contributed by atoms with Gasteiger partial charge in [0.15, 0.2) is 0 Å². The summed E-state index contributed by atoms with van der Waals surface area (Å²) in [5.74, 6) is -0.0737. The Hall–Kier alpha value is -2.07. The molecule has 164 valence electrons. The van der Waals surface area contributed by atoms with Crippen molar-refractivity contribution in [2.75, 3.05) is 13.2 Å². The number of nitrogens with one attached hydrogen (secondary N) is 1. The average Bonchev–Trinajstić information content (AvgIpc) is 2.74. The highest BCUT2D eigenvalue weighted by Crippen LogP contribution is 2.24. The van der Waals surface area contributed by atoms with Gasteiger partial charge in [0.25, 0.3) is 0 Å². The molecule has 1 unspecified atom stereocenters. The fourth-order valence-electron chi connectivity index (χ4n) is 2.80. The van der Waals surface area contributed by atoms with Gasteiger partial charge in [0.2, 0.25) is 15.9 Å². The fraction of sp³-hybridized carbons (Fsp3) is 0.381. The largest absolute Gasteiger partial charge is 0.494 e. The minimum atomic E-state index is -3.93. The van der Waals surface area contributed by atoms with Gasteiger partial charge < -0.3 is 4.74 Å². The van der Waals surface area contributed by atoms with Gasteiger partial charge in [-0.1, -0.05) is 43.7 Å². The van der Waals surface area contributed by atoms with Gasteiger partial charge in [-0.25, -0.2) is 13.9 Å². The summed E-state index contributed by atoms with van der Waals surface area (Å²) in [6.45, 7) is 2.51. The molecule has 0 aromatic heterocycles. The maximum Gasteiger partial charge on any atom is 0.244 e. The number of nitrogens with zero attached hydrogens (tertiary/aromatic N) is 1. The molecule has 0 fully saturated rings. The standard InChI is InChI=1S/C21H28N2O5S2/c1-2-3-15-28-18-9-11-19(12-10-18)30(26,27)23(14-13-20(24)22-25)21(29)16-17-7-5-4-6-8-17/h4-12,21,25,29H,2-3,13-16H2,1H3,(H,22,24). The van der Waals surface area contributed by atoms with E-state index in [2.05, 4.69) is 19.6 Å². The van der Waals surface area contributed by atoms with E-state index in [4.69, 9.17) is 9.94 Å². The molecule has 2 aromatic rings. The van der Waals surface area contributed by atoms with Crippen LogP contribution in [0.4, 0.5) is 0 Å². The summed E-state index contributed by atoms with van der Waals surface area (Å²) >= 11 is 4.52. The molecule has 2 N–H and O–H groups in total. The number of carbonyl (C=O) groups excluding carboxylic acids is 1. The highest BCUT2D eigenvalue weighted by atomic mass is 32.2. The maximum atomic E-state index is 13.3. The topological polar surface area (TPSA) is 95.9 Å². The molecular weight excluding hydrogens is 424 g/mol. The number of rotatable bonds is 12. The van der Waals surface area contributed by atoms with Crippen LogP contribution in [-0.2, 0) is 21.2 Å². The molecule has 7 nitrogen and oxygen atoms in total. The third-order valence-corrected chi connectivity index (χ3v) is 7.01. The highest BCUT2D eigenvalue weighted by Gasteiger charge is 2.30. The minimum Gasteiger partial charge on any atom is -0.494 e. The number of ether oxygens (including phenoxy) is 1. The molecule has 0 aliphatic heterocycles. The van der Waals surface area contributed by atoms with Crippen molar-refractivity contribution in [1.82, 2.24) is 9.79 Å². The lowest BCUT2D eigenvalue weighted by molar-refractivity contribution is -0.129. The first kappa shape index (κ1) is 24.2. The summed E-state index contributed by atoms with van der Waals surface area (Å²) in [6.07, 6.45) is 2.09. The predicted molar refractivity (Wildman–Crippen MR) is 118 cm³/mol. The van der Waals surface area contributed by atoms with E-state index in [1.807, 2.05) is 30.3 Å². The van der Waals surface area contributed by atoms with Gasteiger partial charge >= 0.3 is 0 Å². The van der Waals surface area contributed by atoms with Gasteiger partial charge in [-0.05, 0) is 42.7 Å². The van der Waals surface area contributed by atoms with Crippen molar-refractivity contribution >= 4 is 28.6 Å². The van der Waals surface area contributed by atoms with Crippen LogP contribution < -0.4 is 10.2 Å². The Bertz CT molecular complexity index is 889. The van der Waals surface area contributed by atoms with Crippen molar-refractivity contribution in [1.29, 1.82) is 0 Å². The first-order chi connectivity index (χ1) is 14.4. The average molecular weight is 453 g/mol. The second-order valence-electron chi connectivity index (χ2n) is 6.74. The number of hydroxylamine groups is 1. The summed E-state index contributed by atoms with van der Waals surface area (Å²) in [4.78, 5) is 11.6. The molecule has 9 heteroatoms. The molecule has 0 aliphatic rings. The summed E-state index contributed by atoms with van der Waals surface area (Å²) in [5.41, 5.74) is 2.45. The van der Waals surface area contributed by atoms with E-state index in [9.17, 15) is 13.2 Å². The quantitative estimate of drug-likeness (QED) is 0.151. The van der Waals surface area contributed by atoms with Crippen LogP contribution in [0.15, 0.2) is 59.5 Å². The molecule has 0 aliphatic carbocycles. The predicted octanol–water partition coefficient (Wildman–Crippen LogP) is 3.25. The number of hydrogen-bond donors (Lipinski definition) is 3. The van der Waals surface area contributed by atoms with Crippen LogP contribution >= 0.6 is 12.6 Å². The molecular formula is C21H28N2O5S2. The highest BCUT2D eigenvalue weighted by molar-refractivity contribution is 7.90. The summed E-state index contributed by atoms with van der Waals surface area (Å²) in [5, 5.41) is 8.07. The van der Waals surface area contributed by atoms with Crippen LogP contribution in [0.5, 0.6) is 5.75 Å². The van der Waals surface area contributed by atoms with Gasteiger partial charge in [-0.3, -0.25) is 10.0 Å². The second-order valence-corrected chi connectivity index (χ2v) is 9.23. The van der Waals surface area contributed by atoms with Crippen molar-refractivity contribution in [3.63, 3.8) is 0 Å². The number of carbonyl (C=O) groups is 1. The molecule has 1 atom stereocenters. The monoisotopic (exact) mass is 452 g/mol. The summed E-state index contributed by atoms with van der Waals surface area (Å²) < 4.78 is 33.3. The second kappa shape index (κ2) is 11.9. The van der Waals surface area contributed by atoms with Gasteiger partial charge in [0.05, 0.1) is 16.9 Å².